The Bertz CT molecular complexity index is 928. The van der Waals surface area contributed by atoms with Crippen molar-refractivity contribution in [3.63, 3.8) is 0 Å². The number of para-hydroxylation sites is 1. The predicted octanol–water partition coefficient (Wildman–Crippen LogP) is 2.43. The Morgan fingerprint density at radius 1 is 1.18 bits per heavy atom. The molecule has 146 valence electrons. The zero-order valence-corrected chi connectivity index (χ0v) is 16.0. The number of carbonyl (C=O) groups excluding carboxylic acids is 3. The van der Waals surface area contributed by atoms with E-state index in [1.54, 1.807) is 6.07 Å². The van der Waals surface area contributed by atoms with Crippen LogP contribution < -0.4 is 10.2 Å². The summed E-state index contributed by atoms with van der Waals surface area (Å²) in [5.74, 6) is -1.45. The molecule has 0 saturated heterocycles. The molecule has 2 heterocycles. The van der Waals surface area contributed by atoms with E-state index in [4.69, 9.17) is 9.15 Å². The fourth-order valence-electron chi connectivity index (χ4n) is 3.30. The number of nitrogens with zero attached hydrogens (tertiary/aromatic N) is 1. The van der Waals surface area contributed by atoms with Gasteiger partial charge in [-0.05, 0) is 23.8 Å². The van der Waals surface area contributed by atoms with E-state index < -0.39 is 11.9 Å². The number of ether oxygens (including phenoxy) is 1. The van der Waals surface area contributed by atoms with Crippen molar-refractivity contribution in [1.82, 2.24) is 5.32 Å². The summed E-state index contributed by atoms with van der Waals surface area (Å²) in [5, 5.41) is 2.37. The van der Waals surface area contributed by atoms with Gasteiger partial charge in [-0.25, -0.2) is 0 Å². The number of anilines is 1. The standard InChI is InChI=1S/C21H22N2O5/c1-21(2)15-7-4-5-8-16(15)23(3)18(21)11-14(24)13-28-19(25)12-22-20(26)17-9-6-10-27-17/h4-11H,12-13H2,1-3H3,(H,22,26). The van der Waals surface area contributed by atoms with Crippen LogP contribution in [0.3, 0.4) is 0 Å². The van der Waals surface area contributed by atoms with E-state index >= 15 is 0 Å². The molecule has 0 radical (unpaired) electrons. The highest BCUT2D eigenvalue weighted by Gasteiger charge is 2.38. The second-order valence-corrected chi connectivity index (χ2v) is 7.02. The van der Waals surface area contributed by atoms with Gasteiger partial charge in [-0.2, -0.15) is 0 Å². The van der Waals surface area contributed by atoms with Crippen LogP contribution in [0.5, 0.6) is 0 Å². The Kier molecular flexibility index (Phi) is 5.35. The third-order valence-electron chi connectivity index (χ3n) is 4.75. The number of carbonyl (C=O) groups is 3. The quantitative estimate of drug-likeness (QED) is 0.610. The second kappa shape index (κ2) is 7.72. The first-order valence-electron chi connectivity index (χ1n) is 8.86. The van der Waals surface area contributed by atoms with Crippen molar-refractivity contribution in [2.45, 2.75) is 19.3 Å². The maximum absolute atomic E-state index is 12.3. The minimum atomic E-state index is -0.700. The molecule has 1 aliphatic heterocycles. The number of hydrogen-bond acceptors (Lipinski definition) is 6. The van der Waals surface area contributed by atoms with E-state index in [1.165, 1.54) is 18.4 Å². The molecule has 0 aliphatic carbocycles. The van der Waals surface area contributed by atoms with E-state index in [2.05, 4.69) is 5.32 Å². The molecule has 0 fully saturated rings. The van der Waals surface area contributed by atoms with Crippen LogP contribution in [0.4, 0.5) is 5.69 Å². The van der Waals surface area contributed by atoms with Crippen LogP contribution >= 0.6 is 0 Å². The number of allylic oxidation sites excluding steroid dienone is 1. The van der Waals surface area contributed by atoms with Crippen molar-refractivity contribution in [2.24, 2.45) is 0 Å². The number of rotatable bonds is 6. The summed E-state index contributed by atoms with van der Waals surface area (Å²) < 4.78 is 9.89. The molecule has 0 atom stereocenters. The molecular weight excluding hydrogens is 360 g/mol. The Balaban J connectivity index is 1.55. The number of benzene rings is 1. The van der Waals surface area contributed by atoms with Gasteiger partial charge in [-0.15, -0.1) is 0 Å². The monoisotopic (exact) mass is 382 g/mol. The van der Waals surface area contributed by atoms with Gasteiger partial charge < -0.3 is 19.4 Å². The summed E-state index contributed by atoms with van der Waals surface area (Å²) in [4.78, 5) is 37.8. The first kappa shape index (κ1) is 19.4. The average Bonchev–Trinajstić information content (AvgIpc) is 3.28. The molecule has 0 unspecified atom stereocenters. The van der Waals surface area contributed by atoms with Crippen LogP contribution in [0.25, 0.3) is 0 Å². The third kappa shape index (κ3) is 3.83. The third-order valence-corrected chi connectivity index (χ3v) is 4.75. The minimum absolute atomic E-state index is 0.0969. The van der Waals surface area contributed by atoms with Crippen LogP contribution in [0.15, 0.2) is 58.9 Å². The molecule has 7 heteroatoms. The normalized spacial score (nSPS) is 16.0. The van der Waals surface area contributed by atoms with Crippen LogP contribution in [-0.4, -0.2) is 37.9 Å². The fourth-order valence-corrected chi connectivity index (χ4v) is 3.30. The summed E-state index contributed by atoms with van der Waals surface area (Å²) in [5.41, 5.74) is 2.68. The van der Waals surface area contributed by atoms with Crippen LogP contribution in [0, 0.1) is 0 Å². The van der Waals surface area contributed by atoms with Gasteiger partial charge in [-0.3, -0.25) is 14.4 Å². The Morgan fingerprint density at radius 3 is 2.61 bits per heavy atom. The molecule has 1 amide bonds. The highest BCUT2D eigenvalue weighted by Crippen LogP contribution is 2.46. The minimum Gasteiger partial charge on any atom is -0.459 e. The van der Waals surface area contributed by atoms with Gasteiger partial charge in [0, 0.05) is 29.9 Å². The van der Waals surface area contributed by atoms with E-state index in [-0.39, 0.29) is 30.1 Å². The SMILES string of the molecule is CN1C(=CC(=O)COC(=O)CNC(=O)c2ccco2)C(C)(C)c2ccccc21. The Morgan fingerprint density at radius 2 is 1.93 bits per heavy atom. The average molecular weight is 382 g/mol. The van der Waals surface area contributed by atoms with Crippen LogP contribution in [0.1, 0.15) is 30.0 Å². The van der Waals surface area contributed by atoms with Gasteiger partial charge in [0.25, 0.3) is 5.91 Å². The number of amides is 1. The smallest absolute Gasteiger partial charge is 0.325 e. The van der Waals surface area contributed by atoms with E-state index in [0.29, 0.717) is 0 Å². The highest BCUT2D eigenvalue weighted by molar-refractivity contribution is 5.95. The lowest BCUT2D eigenvalue weighted by atomic mass is 9.83. The first-order chi connectivity index (χ1) is 13.3. The van der Waals surface area contributed by atoms with Gasteiger partial charge in [0.15, 0.2) is 18.2 Å². The van der Waals surface area contributed by atoms with Gasteiger partial charge in [0.05, 0.1) is 6.26 Å². The summed E-state index contributed by atoms with van der Waals surface area (Å²) >= 11 is 0. The number of likely N-dealkylation sites (N-methyl/N-ethyl adjacent to an activating group) is 1. The second-order valence-electron chi connectivity index (χ2n) is 7.02. The number of esters is 1. The summed E-state index contributed by atoms with van der Waals surface area (Å²) in [6, 6.07) is 11.0. The van der Waals surface area contributed by atoms with Crippen molar-refractivity contribution < 1.29 is 23.5 Å². The first-order valence-corrected chi connectivity index (χ1v) is 8.86. The van der Waals surface area contributed by atoms with Crippen molar-refractivity contribution in [3.8, 4) is 0 Å². The zero-order valence-electron chi connectivity index (χ0n) is 16.0. The van der Waals surface area contributed by atoms with Gasteiger partial charge in [-0.1, -0.05) is 32.0 Å². The maximum atomic E-state index is 12.3. The number of hydrogen-bond donors (Lipinski definition) is 1. The summed E-state index contributed by atoms with van der Waals surface area (Å²) in [6.45, 7) is 3.36. The molecule has 0 spiro atoms. The van der Waals surface area contributed by atoms with E-state index in [1.807, 2.05) is 50.1 Å². The molecular formula is C21H22N2O5. The van der Waals surface area contributed by atoms with Crippen molar-refractivity contribution in [2.75, 3.05) is 25.1 Å². The molecule has 1 aromatic carbocycles. The van der Waals surface area contributed by atoms with E-state index in [9.17, 15) is 14.4 Å². The largest absolute Gasteiger partial charge is 0.459 e. The molecule has 2 aromatic rings. The van der Waals surface area contributed by atoms with Gasteiger partial charge >= 0.3 is 5.97 Å². The summed E-state index contributed by atoms with van der Waals surface area (Å²) in [7, 11) is 1.91. The lowest BCUT2D eigenvalue weighted by Crippen LogP contribution is -2.31. The number of nitrogens with one attached hydrogen (secondary N) is 1. The van der Waals surface area contributed by atoms with Crippen molar-refractivity contribution in [1.29, 1.82) is 0 Å². The Labute approximate surface area is 163 Å². The van der Waals surface area contributed by atoms with Crippen LogP contribution in [0.2, 0.25) is 0 Å². The number of fused-ring (bicyclic) bond motifs is 1. The van der Waals surface area contributed by atoms with Crippen molar-refractivity contribution >= 4 is 23.3 Å². The van der Waals surface area contributed by atoms with Crippen LogP contribution in [-0.2, 0) is 19.7 Å². The number of ketones is 1. The lowest BCUT2D eigenvalue weighted by molar-refractivity contribution is -0.145. The number of furan rings is 1. The predicted molar refractivity (Wildman–Crippen MR) is 103 cm³/mol. The van der Waals surface area contributed by atoms with E-state index in [0.717, 1.165) is 16.9 Å². The molecule has 0 bridgehead atoms. The topological polar surface area (TPSA) is 88.9 Å². The molecule has 1 aliphatic rings. The van der Waals surface area contributed by atoms with Gasteiger partial charge in [0.2, 0.25) is 0 Å². The van der Waals surface area contributed by atoms with Gasteiger partial charge in [0.1, 0.15) is 6.54 Å². The molecule has 28 heavy (non-hydrogen) atoms. The molecule has 0 saturated carbocycles. The molecule has 1 N–H and O–H groups in total. The van der Waals surface area contributed by atoms with Crippen molar-refractivity contribution in [3.05, 3.63) is 65.8 Å². The Hall–Kier alpha value is -3.35. The molecule has 1 aromatic heterocycles. The fraction of sp³-hybridized carbons (Fsp3) is 0.286. The maximum Gasteiger partial charge on any atom is 0.325 e. The zero-order chi connectivity index (χ0) is 20.3. The summed E-state index contributed by atoms with van der Waals surface area (Å²) in [6.07, 6.45) is 2.87. The molecule has 3 rings (SSSR count). The lowest BCUT2D eigenvalue weighted by Gasteiger charge is -2.23. The molecule has 7 nitrogen and oxygen atoms in total. The highest BCUT2D eigenvalue weighted by atomic mass is 16.5.